The number of carbonyl (C=O) groups excluding carboxylic acids is 1. The molecule has 19 heavy (non-hydrogen) atoms. The molecule has 1 aromatic carbocycles. The molecule has 0 saturated carbocycles. The lowest BCUT2D eigenvalue weighted by Gasteiger charge is -2.13. The molecule has 1 unspecified atom stereocenters. The molecule has 1 atom stereocenters. The number of ketones is 1. The van der Waals surface area contributed by atoms with E-state index in [0.717, 1.165) is 25.1 Å². The van der Waals surface area contributed by atoms with Gasteiger partial charge in [-0.05, 0) is 38.2 Å². The van der Waals surface area contributed by atoms with Crippen molar-refractivity contribution in [3.63, 3.8) is 0 Å². The Morgan fingerprint density at radius 3 is 2.58 bits per heavy atom. The van der Waals surface area contributed by atoms with Crippen molar-refractivity contribution in [3.05, 3.63) is 29.3 Å². The normalized spacial score (nSPS) is 20.7. The summed E-state index contributed by atoms with van der Waals surface area (Å²) in [6.07, 6.45) is -3.72. The van der Waals surface area contributed by atoms with E-state index >= 15 is 0 Å². The number of alkyl halides is 3. The molecule has 0 amide bonds. The topological polar surface area (TPSA) is 46.3 Å². The lowest BCUT2D eigenvalue weighted by atomic mass is 9.95. The van der Waals surface area contributed by atoms with Crippen LogP contribution in [0, 0.1) is 5.92 Å². The summed E-state index contributed by atoms with van der Waals surface area (Å²) in [4.78, 5) is 14.2. The second-order valence-electron chi connectivity index (χ2n) is 4.91. The zero-order chi connectivity index (χ0) is 14.2. The van der Waals surface area contributed by atoms with Gasteiger partial charge in [0.05, 0.1) is 5.56 Å². The van der Waals surface area contributed by atoms with Gasteiger partial charge in [0.15, 0.2) is 5.78 Å². The fourth-order valence-corrected chi connectivity index (χ4v) is 2.33. The maximum absolute atomic E-state index is 12.5. The Labute approximate surface area is 109 Å². The van der Waals surface area contributed by atoms with Crippen molar-refractivity contribution in [1.29, 1.82) is 0 Å². The summed E-state index contributed by atoms with van der Waals surface area (Å²) in [6.45, 7) is 1.44. The lowest BCUT2D eigenvalue weighted by Crippen LogP contribution is -2.21. The molecule has 1 fully saturated rings. The summed E-state index contributed by atoms with van der Waals surface area (Å²) in [5, 5.41) is 0. The maximum atomic E-state index is 12.5. The largest absolute Gasteiger partial charge is 0.416 e. The second-order valence-corrected chi connectivity index (χ2v) is 4.91. The van der Waals surface area contributed by atoms with Crippen LogP contribution < -0.4 is 5.73 Å². The number of benzene rings is 1. The Bertz CT molecular complexity index is 499. The Kier molecular flexibility index (Phi) is 3.54. The SMILES string of the molecule is CN1CCC(C(=O)c2ccc(C(F)(F)F)cc2N)C1. The number of nitrogens with two attached hydrogens (primary N) is 1. The third-order valence-corrected chi connectivity index (χ3v) is 3.41. The molecule has 104 valence electrons. The Morgan fingerprint density at radius 2 is 2.11 bits per heavy atom. The number of halogens is 3. The van der Waals surface area contributed by atoms with Gasteiger partial charge in [-0.1, -0.05) is 0 Å². The van der Waals surface area contributed by atoms with Crippen LogP contribution in [-0.4, -0.2) is 30.8 Å². The monoisotopic (exact) mass is 272 g/mol. The number of anilines is 1. The van der Waals surface area contributed by atoms with E-state index in [1.807, 2.05) is 11.9 Å². The van der Waals surface area contributed by atoms with Gasteiger partial charge in [0.1, 0.15) is 0 Å². The fourth-order valence-electron chi connectivity index (χ4n) is 2.33. The van der Waals surface area contributed by atoms with Crippen molar-refractivity contribution in [3.8, 4) is 0 Å². The van der Waals surface area contributed by atoms with Crippen molar-refractivity contribution in [2.75, 3.05) is 25.9 Å². The Balaban J connectivity index is 2.24. The van der Waals surface area contributed by atoms with E-state index in [2.05, 4.69) is 0 Å². The van der Waals surface area contributed by atoms with Crippen LogP contribution >= 0.6 is 0 Å². The Hall–Kier alpha value is -1.56. The number of nitrogens with zero attached hydrogens (tertiary/aromatic N) is 1. The molecule has 1 aliphatic heterocycles. The molecule has 1 heterocycles. The number of carbonyl (C=O) groups is 1. The lowest BCUT2D eigenvalue weighted by molar-refractivity contribution is -0.137. The number of rotatable bonds is 2. The predicted octanol–water partition coefficient (Wildman–Crippen LogP) is 2.42. The second kappa shape index (κ2) is 4.85. The first-order chi connectivity index (χ1) is 8.79. The predicted molar refractivity (Wildman–Crippen MR) is 65.8 cm³/mol. The van der Waals surface area contributed by atoms with E-state index in [1.165, 1.54) is 6.07 Å². The summed E-state index contributed by atoms with van der Waals surface area (Å²) in [5.74, 6) is -0.348. The van der Waals surface area contributed by atoms with E-state index < -0.39 is 11.7 Å². The molecule has 0 aromatic heterocycles. The van der Waals surface area contributed by atoms with Crippen molar-refractivity contribution in [1.82, 2.24) is 4.90 Å². The molecule has 1 aromatic rings. The van der Waals surface area contributed by atoms with Crippen LogP contribution in [0.3, 0.4) is 0 Å². The van der Waals surface area contributed by atoms with Crippen LogP contribution in [-0.2, 0) is 6.18 Å². The van der Waals surface area contributed by atoms with E-state index in [-0.39, 0.29) is 23.0 Å². The number of hydrogen-bond donors (Lipinski definition) is 1. The van der Waals surface area contributed by atoms with Gasteiger partial charge in [-0.3, -0.25) is 4.79 Å². The standard InChI is InChI=1S/C13H15F3N2O/c1-18-5-4-8(7-18)12(19)10-3-2-9(6-11(10)17)13(14,15)16/h2-3,6,8H,4-5,7,17H2,1H3. The van der Waals surface area contributed by atoms with Crippen LogP contribution in [0.25, 0.3) is 0 Å². The molecular formula is C13H15F3N2O. The minimum absolute atomic E-state index is 0.102. The van der Waals surface area contributed by atoms with E-state index in [9.17, 15) is 18.0 Å². The minimum Gasteiger partial charge on any atom is -0.398 e. The van der Waals surface area contributed by atoms with Crippen molar-refractivity contribution < 1.29 is 18.0 Å². The zero-order valence-electron chi connectivity index (χ0n) is 10.5. The van der Waals surface area contributed by atoms with Crippen molar-refractivity contribution >= 4 is 11.5 Å². The highest BCUT2D eigenvalue weighted by Crippen LogP contribution is 2.32. The molecule has 1 aliphatic rings. The average Bonchev–Trinajstić information content (AvgIpc) is 2.73. The zero-order valence-corrected chi connectivity index (χ0v) is 10.5. The van der Waals surface area contributed by atoms with Gasteiger partial charge in [-0.15, -0.1) is 0 Å². The fraction of sp³-hybridized carbons (Fsp3) is 0.462. The summed E-state index contributed by atoms with van der Waals surface area (Å²) < 4.78 is 37.5. The minimum atomic E-state index is -4.44. The molecule has 3 nitrogen and oxygen atoms in total. The van der Waals surface area contributed by atoms with Crippen LogP contribution in [0.5, 0.6) is 0 Å². The van der Waals surface area contributed by atoms with Gasteiger partial charge in [0.25, 0.3) is 0 Å². The summed E-state index contributed by atoms with van der Waals surface area (Å²) >= 11 is 0. The van der Waals surface area contributed by atoms with Gasteiger partial charge in [0, 0.05) is 23.7 Å². The molecule has 0 aliphatic carbocycles. The first kappa shape index (κ1) is 13.9. The van der Waals surface area contributed by atoms with E-state index in [0.29, 0.717) is 6.54 Å². The highest BCUT2D eigenvalue weighted by atomic mass is 19.4. The smallest absolute Gasteiger partial charge is 0.398 e. The van der Waals surface area contributed by atoms with Crippen molar-refractivity contribution in [2.45, 2.75) is 12.6 Å². The summed E-state index contributed by atoms with van der Waals surface area (Å²) in [7, 11) is 1.91. The molecule has 0 radical (unpaired) electrons. The number of Topliss-reactive ketones (excluding diaryl/α,β-unsaturated/α-hetero) is 1. The third-order valence-electron chi connectivity index (χ3n) is 3.41. The van der Waals surface area contributed by atoms with Gasteiger partial charge in [-0.25, -0.2) is 0 Å². The van der Waals surface area contributed by atoms with Crippen LogP contribution in [0.2, 0.25) is 0 Å². The van der Waals surface area contributed by atoms with Crippen LogP contribution in [0.15, 0.2) is 18.2 Å². The van der Waals surface area contributed by atoms with Crippen molar-refractivity contribution in [2.24, 2.45) is 5.92 Å². The van der Waals surface area contributed by atoms with Gasteiger partial charge >= 0.3 is 6.18 Å². The molecule has 0 spiro atoms. The van der Waals surface area contributed by atoms with E-state index in [4.69, 9.17) is 5.73 Å². The summed E-state index contributed by atoms with van der Waals surface area (Å²) in [5.41, 5.74) is 4.84. The highest BCUT2D eigenvalue weighted by Gasteiger charge is 2.32. The molecule has 6 heteroatoms. The van der Waals surface area contributed by atoms with Gasteiger partial charge in [-0.2, -0.15) is 13.2 Å². The highest BCUT2D eigenvalue weighted by molar-refractivity contribution is 6.02. The molecule has 2 rings (SSSR count). The van der Waals surface area contributed by atoms with Gasteiger partial charge < -0.3 is 10.6 Å². The first-order valence-corrected chi connectivity index (χ1v) is 5.98. The van der Waals surface area contributed by atoms with Gasteiger partial charge in [0.2, 0.25) is 0 Å². The third kappa shape index (κ3) is 2.89. The molecule has 0 bridgehead atoms. The van der Waals surface area contributed by atoms with Crippen LogP contribution in [0.4, 0.5) is 18.9 Å². The quantitative estimate of drug-likeness (QED) is 0.664. The number of hydrogen-bond acceptors (Lipinski definition) is 3. The molecular weight excluding hydrogens is 257 g/mol. The van der Waals surface area contributed by atoms with E-state index in [1.54, 1.807) is 0 Å². The Morgan fingerprint density at radius 1 is 1.42 bits per heavy atom. The van der Waals surface area contributed by atoms with Crippen LogP contribution in [0.1, 0.15) is 22.3 Å². The maximum Gasteiger partial charge on any atom is 0.416 e. The molecule has 1 saturated heterocycles. The number of likely N-dealkylation sites (tertiary alicyclic amines) is 1. The first-order valence-electron chi connectivity index (χ1n) is 5.98. The average molecular weight is 272 g/mol. The molecule has 2 N–H and O–H groups in total. The number of nitrogen functional groups attached to an aromatic ring is 1. The summed E-state index contributed by atoms with van der Waals surface area (Å²) in [6, 6.07) is 2.91.